The van der Waals surface area contributed by atoms with E-state index in [0.717, 1.165) is 18.5 Å². The number of likely N-dealkylation sites (tertiary alicyclic amines) is 1. The molecule has 0 saturated carbocycles. The molecule has 0 aromatic heterocycles. The SMILES string of the molecule is CN1CCCC1CCOc1cc2c(cc1Cl)C(N)C(=O)N2. The first-order chi connectivity index (χ1) is 10.1. The van der Waals surface area contributed by atoms with Gasteiger partial charge in [0.1, 0.15) is 11.8 Å². The number of ether oxygens (including phenoxy) is 1. The third-order valence-corrected chi connectivity index (χ3v) is 4.65. The Morgan fingerprint density at radius 3 is 3.05 bits per heavy atom. The van der Waals surface area contributed by atoms with Crippen molar-refractivity contribution in [3.05, 3.63) is 22.7 Å². The Kier molecular flexibility index (Phi) is 4.06. The Bertz CT molecular complexity index is 564. The van der Waals surface area contributed by atoms with Crippen LogP contribution in [0.3, 0.4) is 0 Å². The van der Waals surface area contributed by atoms with Crippen molar-refractivity contribution in [3.8, 4) is 5.75 Å². The van der Waals surface area contributed by atoms with Gasteiger partial charge in [0.05, 0.1) is 11.6 Å². The Morgan fingerprint density at radius 1 is 1.52 bits per heavy atom. The highest BCUT2D eigenvalue weighted by Crippen LogP contribution is 2.37. The van der Waals surface area contributed by atoms with Gasteiger partial charge in [-0.1, -0.05) is 11.6 Å². The molecule has 1 saturated heterocycles. The maximum atomic E-state index is 11.6. The van der Waals surface area contributed by atoms with Gasteiger partial charge in [0.25, 0.3) is 0 Å². The van der Waals surface area contributed by atoms with Crippen LogP contribution in [0.2, 0.25) is 5.02 Å². The van der Waals surface area contributed by atoms with Crippen molar-refractivity contribution in [1.29, 1.82) is 0 Å². The van der Waals surface area contributed by atoms with Crippen molar-refractivity contribution >= 4 is 23.2 Å². The summed E-state index contributed by atoms with van der Waals surface area (Å²) in [4.78, 5) is 13.9. The second-order valence-corrected chi connectivity index (χ2v) is 6.16. The summed E-state index contributed by atoms with van der Waals surface area (Å²) < 4.78 is 5.79. The van der Waals surface area contributed by atoms with E-state index in [1.165, 1.54) is 12.8 Å². The molecule has 1 fully saturated rings. The highest BCUT2D eigenvalue weighted by atomic mass is 35.5. The molecule has 6 heteroatoms. The lowest BCUT2D eigenvalue weighted by molar-refractivity contribution is -0.116. The lowest BCUT2D eigenvalue weighted by Crippen LogP contribution is -2.26. The zero-order chi connectivity index (χ0) is 15.0. The van der Waals surface area contributed by atoms with Crippen molar-refractivity contribution in [3.63, 3.8) is 0 Å². The number of nitrogens with two attached hydrogens (primary N) is 1. The predicted molar refractivity (Wildman–Crippen MR) is 82.8 cm³/mol. The van der Waals surface area contributed by atoms with E-state index < -0.39 is 6.04 Å². The zero-order valence-electron chi connectivity index (χ0n) is 12.1. The number of nitrogens with zero attached hydrogens (tertiary/aromatic N) is 1. The minimum Gasteiger partial charge on any atom is -0.492 e. The third-order valence-electron chi connectivity index (χ3n) is 4.36. The van der Waals surface area contributed by atoms with Gasteiger partial charge < -0.3 is 20.7 Å². The van der Waals surface area contributed by atoms with Crippen molar-refractivity contribution in [2.45, 2.75) is 31.3 Å². The van der Waals surface area contributed by atoms with Crippen molar-refractivity contribution < 1.29 is 9.53 Å². The molecule has 21 heavy (non-hydrogen) atoms. The van der Waals surface area contributed by atoms with E-state index in [9.17, 15) is 4.79 Å². The van der Waals surface area contributed by atoms with Gasteiger partial charge in [0, 0.05) is 23.4 Å². The first-order valence-corrected chi connectivity index (χ1v) is 7.67. The summed E-state index contributed by atoms with van der Waals surface area (Å²) in [7, 11) is 2.15. The van der Waals surface area contributed by atoms with Gasteiger partial charge in [0.2, 0.25) is 5.91 Å². The summed E-state index contributed by atoms with van der Waals surface area (Å²) in [5.74, 6) is 0.399. The fourth-order valence-corrected chi connectivity index (χ4v) is 3.27. The minimum absolute atomic E-state index is 0.203. The number of anilines is 1. The van der Waals surface area contributed by atoms with Gasteiger partial charge in [-0.15, -0.1) is 0 Å². The van der Waals surface area contributed by atoms with Gasteiger partial charge in [0.15, 0.2) is 0 Å². The van der Waals surface area contributed by atoms with E-state index >= 15 is 0 Å². The second kappa shape index (κ2) is 5.83. The van der Waals surface area contributed by atoms with Gasteiger partial charge in [-0.2, -0.15) is 0 Å². The van der Waals surface area contributed by atoms with E-state index in [1.54, 1.807) is 12.1 Å². The highest BCUT2D eigenvalue weighted by molar-refractivity contribution is 6.32. The molecule has 1 aromatic rings. The number of nitrogens with one attached hydrogen (secondary N) is 1. The molecule has 0 spiro atoms. The van der Waals surface area contributed by atoms with Crippen LogP contribution in [0, 0.1) is 0 Å². The second-order valence-electron chi connectivity index (χ2n) is 5.75. The normalized spacial score (nSPS) is 25.0. The maximum Gasteiger partial charge on any atom is 0.245 e. The Hall–Kier alpha value is -1.30. The summed E-state index contributed by atoms with van der Waals surface area (Å²) in [5.41, 5.74) is 7.22. The van der Waals surface area contributed by atoms with Crippen molar-refractivity contribution in [2.24, 2.45) is 5.73 Å². The number of rotatable bonds is 4. The largest absolute Gasteiger partial charge is 0.492 e. The summed E-state index contributed by atoms with van der Waals surface area (Å²) in [6.45, 7) is 1.78. The standard InChI is InChI=1S/C15H20ClN3O2/c1-19-5-2-3-9(19)4-6-21-13-8-12-10(7-11(13)16)14(17)15(20)18-12/h7-9,14H,2-6,17H2,1H3,(H,18,20). The number of carbonyl (C=O) groups excluding carboxylic acids is 1. The van der Waals surface area contributed by atoms with Crippen LogP contribution in [0.25, 0.3) is 0 Å². The van der Waals surface area contributed by atoms with Crippen molar-refractivity contribution in [1.82, 2.24) is 4.90 Å². The van der Waals surface area contributed by atoms with Gasteiger partial charge in [-0.3, -0.25) is 4.79 Å². The quantitative estimate of drug-likeness (QED) is 0.894. The van der Waals surface area contributed by atoms with Crippen LogP contribution >= 0.6 is 11.6 Å². The van der Waals surface area contributed by atoms with Gasteiger partial charge in [-0.05, 0) is 38.9 Å². The van der Waals surface area contributed by atoms with Crippen LogP contribution < -0.4 is 15.8 Å². The molecule has 3 rings (SSSR count). The molecule has 1 amide bonds. The van der Waals surface area contributed by atoms with Gasteiger partial charge >= 0.3 is 0 Å². The number of halogens is 1. The lowest BCUT2D eigenvalue weighted by Gasteiger charge is -2.19. The monoisotopic (exact) mass is 309 g/mol. The molecule has 2 unspecified atom stereocenters. The molecular weight excluding hydrogens is 290 g/mol. The summed E-state index contributed by atoms with van der Waals surface area (Å²) >= 11 is 6.21. The number of fused-ring (bicyclic) bond motifs is 1. The van der Waals surface area contributed by atoms with E-state index in [2.05, 4.69) is 17.3 Å². The van der Waals surface area contributed by atoms with E-state index in [4.69, 9.17) is 22.1 Å². The summed E-state index contributed by atoms with van der Waals surface area (Å²) in [5, 5.41) is 3.24. The fourth-order valence-electron chi connectivity index (χ4n) is 3.05. The Labute approximate surface area is 129 Å². The maximum absolute atomic E-state index is 11.6. The molecule has 3 N–H and O–H groups in total. The molecule has 0 aliphatic carbocycles. The first kappa shape index (κ1) is 14.6. The smallest absolute Gasteiger partial charge is 0.245 e. The molecule has 114 valence electrons. The molecule has 0 bridgehead atoms. The molecule has 2 atom stereocenters. The number of hydrogen-bond acceptors (Lipinski definition) is 4. The number of benzene rings is 1. The van der Waals surface area contributed by atoms with E-state index in [1.807, 2.05) is 0 Å². The molecule has 2 aliphatic rings. The minimum atomic E-state index is -0.640. The average Bonchev–Trinajstić information content (AvgIpc) is 2.97. The molecule has 2 aliphatic heterocycles. The van der Waals surface area contributed by atoms with Crippen LogP contribution in [-0.4, -0.2) is 37.0 Å². The fraction of sp³-hybridized carbons (Fsp3) is 0.533. The lowest BCUT2D eigenvalue weighted by atomic mass is 10.1. The highest BCUT2D eigenvalue weighted by Gasteiger charge is 2.28. The van der Waals surface area contributed by atoms with Crippen LogP contribution in [0.15, 0.2) is 12.1 Å². The molecule has 2 heterocycles. The number of amides is 1. The van der Waals surface area contributed by atoms with E-state index in [0.29, 0.717) is 29.1 Å². The van der Waals surface area contributed by atoms with Crippen LogP contribution in [0.1, 0.15) is 30.9 Å². The third kappa shape index (κ3) is 2.86. The summed E-state index contributed by atoms with van der Waals surface area (Å²) in [6, 6.07) is 3.43. The Balaban J connectivity index is 1.64. The molecule has 5 nitrogen and oxygen atoms in total. The van der Waals surface area contributed by atoms with Crippen molar-refractivity contribution in [2.75, 3.05) is 25.5 Å². The molecule has 1 aromatic carbocycles. The Morgan fingerprint density at radius 2 is 2.33 bits per heavy atom. The summed E-state index contributed by atoms with van der Waals surface area (Å²) in [6.07, 6.45) is 3.46. The van der Waals surface area contributed by atoms with E-state index in [-0.39, 0.29) is 5.91 Å². The zero-order valence-corrected chi connectivity index (χ0v) is 12.8. The number of carbonyl (C=O) groups is 1. The molecule has 0 radical (unpaired) electrons. The first-order valence-electron chi connectivity index (χ1n) is 7.29. The van der Waals surface area contributed by atoms with Crippen LogP contribution in [0.4, 0.5) is 5.69 Å². The topological polar surface area (TPSA) is 67.6 Å². The number of hydrogen-bond donors (Lipinski definition) is 2. The van der Waals surface area contributed by atoms with Gasteiger partial charge in [-0.25, -0.2) is 0 Å². The average molecular weight is 310 g/mol. The van der Waals surface area contributed by atoms with Crippen LogP contribution in [-0.2, 0) is 4.79 Å². The predicted octanol–water partition coefficient (Wildman–Crippen LogP) is 2.15. The van der Waals surface area contributed by atoms with Crippen LogP contribution in [0.5, 0.6) is 5.75 Å². The molecular formula is C15H20ClN3O2.